The average Bonchev–Trinajstić information content (AvgIpc) is 2.73. The molecule has 0 aromatic heterocycles. The zero-order valence-corrected chi connectivity index (χ0v) is 14.3. The number of thioether (sulfide) groups is 1. The molecule has 1 aliphatic rings. The number of amides is 2. The molecule has 2 amide bonds. The van der Waals surface area contributed by atoms with Crippen molar-refractivity contribution in [3.05, 3.63) is 34.9 Å². The second-order valence-electron chi connectivity index (χ2n) is 5.36. The first-order valence-corrected chi connectivity index (χ1v) is 8.95. The molecule has 0 spiro atoms. The van der Waals surface area contributed by atoms with Gasteiger partial charge in [0.05, 0.1) is 5.75 Å². The average molecular weight is 341 g/mol. The van der Waals surface area contributed by atoms with E-state index in [0.717, 1.165) is 35.8 Å². The first kappa shape index (κ1) is 17.2. The Kier molecular flexibility index (Phi) is 6.58. The number of nitrogens with zero attached hydrogens (tertiary/aromatic N) is 2. The molecule has 6 heteroatoms. The highest BCUT2D eigenvalue weighted by Gasteiger charge is 2.19. The molecule has 2 rings (SSSR count). The van der Waals surface area contributed by atoms with Gasteiger partial charge in [-0.2, -0.15) is 0 Å². The van der Waals surface area contributed by atoms with E-state index >= 15 is 0 Å². The third kappa shape index (κ3) is 5.21. The van der Waals surface area contributed by atoms with Gasteiger partial charge in [-0.25, -0.2) is 0 Å². The molecule has 120 valence electrons. The van der Waals surface area contributed by atoms with Gasteiger partial charge in [-0.1, -0.05) is 23.7 Å². The van der Waals surface area contributed by atoms with Crippen molar-refractivity contribution < 1.29 is 9.59 Å². The van der Waals surface area contributed by atoms with Gasteiger partial charge >= 0.3 is 0 Å². The van der Waals surface area contributed by atoms with Crippen LogP contribution in [-0.4, -0.2) is 53.5 Å². The zero-order valence-electron chi connectivity index (χ0n) is 12.8. The Labute approximate surface area is 140 Å². The maximum Gasteiger partial charge on any atom is 0.232 e. The fraction of sp³-hybridized carbons (Fsp3) is 0.500. The molecular formula is C16H21ClN2O2S. The van der Waals surface area contributed by atoms with Crippen LogP contribution in [0.4, 0.5) is 0 Å². The van der Waals surface area contributed by atoms with E-state index in [4.69, 9.17) is 11.6 Å². The van der Waals surface area contributed by atoms with E-state index in [2.05, 4.69) is 0 Å². The minimum absolute atomic E-state index is 0.0876. The van der Waals surface area contributed by atoms with E-state index < -0.39 is 0 Å². The number of halogens is 1. The van der Waals surface area contributed by atoms with Crippen molar-refractivity contribution in [1.29, 1.82) is 0 Å². The molecule has 22 heavy (non-hydrogen) atoms. The van der Waals surface area contributed by atoms with E-state index in [-0.39, 0.29) is 11.8 Å². The Balaban J connectivity index is 1.76. The molecule has 0 radical (unpaired) electrons. The number of benzene rings is 1. The van der Waals surface area contributed by atoms with Crippen molar-refractivity contribution in [3.8, 4) is 0 Å². The summed E-state index contributed by atoms with van der Waals surface area (Å²) in [6.45, 7) is 4.34. The third-order valence-electron chi connectivity index (χ3n) is 3.68. The minimum atomic E-state index is 0.0876. The molecule has 0 saturated carbocycles. The van der Waals surface area contributed by atoms with Crippen molar-refractivity contribution in [1.82, 2.24) is 9.80 Å². The van der Waals surface area contributed by atoms with E-state index in [1.165, 1.54) is 0 Å². The van der Waals surface area contributed by atoms with Gasteiger partial charge in [-0.05, 0) is 24.1 Å². The normalized spacial score (nSPS) is 15.5. The Bertz CT molecular complexity index is 539. The van der Waals surface area contributed by atoms with Gasteiger partial charge in [-0.3, -0.25) is 9.59 Å². The van der Waals surface area contributed by atoms with E-state index in [1.807, 2.05) is 34.1 Å². The highest BCUT2D eigenvalue weighted by Crippen LogP contribution is 2.17. The molecule has 1 aromatic rings. The zero-order chi connectivity index (χ0) is 15.9. The fourth-order valence-electron chi connectivity index (χ4n) is 2.46. The largest absolute Gasteiger partial charge is 0.341 e. The first-order valence-electron chi connectivity index (χ1n) is 7.42. The van der Waals surface area contributed by atoms with Gasteiger partial charge in [0.1, 0.15) is 0 Å². The summed E-state index contributed by atoms with van der Waals surface area (Å²) in [5.74, 6) is 1.48. The standard InChI is InChI=1S/C16H21ClN2O2S/c1-13(20)18-6-3-7-19(9-8-18)16(21)12-22-11-14-4-2-5-15(17)10-14/h2,4-5,10H,3,6-9,11-12H2,1H3. The second-order valence-corrected chi connectivity index (χ2v) is 6.79. The van der Waals surface area contributed by atoms with Crippen LogP contribution in [0.5, 0.6) is 0 Å². The maximum absolute atomic E-state index is 12.3. The Morgan fingerprint density at radius 3 is 2.64 bits per heavy atom. The highest BCUT2D eigenvalue weighted by molar-refractivity contribution is 7.99. The molecule has 0 bridgehead atoms. The van der Waals surface area contributed by atoms with E-state index in [1.54, 1.807) is 18.7 Å². The summed E-state index contributed by atoms with van der Waals surface area (Å²) in [7, 11) is 0. The van der Waals surface area contributed by atoms with Crippen LogP contribution in [0, 0.1) is 0 Å². The van der Waals surface area contributed by atoms with Crippen molar-refractivity contribution in [2.45, 2.75) is 19.1 Å². The van der Waals surface area contributed by atoms with Gasteiger partial charge in [0.2, 0.25) is 11.8 Å². The van der Waals surface area contributed by atoms with Crippen molar-refractivity contribution in [2.24, 2.45) is 0 Å². The van der Waals surface area contributed by atoms with E-state index in [0.29, 0.717) is 18.8 Å². The molecule has 1 fully saturated rings. The Hall–Kier alpha value is -1.20. The van der Waals surface area contributed by atoms with Crippen LogP contribution in [0.25, 0.3) is 0 Å². The fourth-order valence-corrected chi connectivity index (χ4v) is 3.54. The van der Waals surface area contributed by atoms with Crippen LogP contribution < -0.4 is 0 Å². The van der Waals surface area contributed by atoms with Crippen LogP contribution >= 0.6 is 23.4 Å². The number of carbonyl (C=O) groups excluding carboxylic acids is 2. The summed E-state index contributed by atoms with van der Waals surface area (Å²) < 4.78 is 0. The molecule has 0 N–H and O–H groups in total. The van der Waals surface area contributed by atoms with Crippen LogP contribution in [0.1, 0.15) is 18.9 Å². The smallest absolute Gasteiger partial charge is 0.232 e. The number of hydrogen-bond donors (Lipinski definition) is 0. The van der Waals surface area contributed by atoms with Gasteiger partial charge in [0.25, 0.3) is 0 Å². The van der Waals surface area contributed by atoms with Gasteiger partial charge < -0.3 is 9.80 Å². The monoisotopic (exact) mass is 340 g/mol. The summed E-state index contributed by atoms with van der Waals surface area (Å²) in [6, 6.07) is 7.71. The number of carbonyl (C=O) groups is 2. The molecule has 0 unspecified atom stereocenters. The lowest BCUT2D eigenvalue weighted by Crippen LogP contribution is -2.37. The summed E-state index contributed by atoms with van der Waals surface area (Å²) in [5.41, 5.74) is 1.13. The summed E-state index contributed by atoms with van der Waals surface area (Å²) in [4.78, 5) is 27.3. The number of hydrogen-bond acceptors (Lipinski definition) is 3. The summed E-state index contributed by atoms with van der Waals surface area (Å²) >= 11 is 7.55. The van der Waals surface area contributed by atoms with Crippen LogP contribution in [-0.2, 0) is 15.3 Å². The van der Waals surface area contributed by atoms with E-state index in [9.17, 15) is 9.59 Å². The molecule has 4 nitrogen and oxygen atoms in total. The van der Waals surface area contributed by atoms with Crippen LogP contribution in [0.2, 0.25) is 5.02 Å². The predicted molar refractivity (Wildman–Crippen MR) is 91.1 cm³/mol. The predicted octanol–water partition coefficient (Wildman–Crippen LogP) is 2.65. The lowest BCUT2D eigenvalue weighted by molar-refractivity contribution is -0.130. The molecule has 0 aliphatic carbocycles. The lowest BCUT2D eigenvalue weighted by Gasteiger charge is -2.21. The van der Waals surface area contributed by atoms with Gasteiger partial charge in [0, 0.05) is 43.9 Å². The Morgan fingerprint density at radius 2 is 1.91 bits per heavy atom. The van der Waals surface area contributed by atoms with Crippen LogP contribution in [0.3, 0.4) is 0 Å². The third-order valence-corrected chi connectivity index (χ3v) is 4.90. The molecule has 1 aromatic carbocycles. The highest BCUT2D eigenvalue weighted by atomic mass is 35.5. The van der Waals surface area contributed by atoms with Gasteiger partial charge in [-0.15, -0.1) is 11.8 Å². The van der Waals surface area contributed by atoms with Crippen molar-refractivity contribution >= 4 is 35.2 Å². The quantitative estimate of drug-likeness (QED) is 0.846. The van der Waals surface area contributed by atoms with Gasteiger partial charge in [0.15, 0.2) is 0 Å². The second kappa shape index (κ2) is 8.44. The topological polar surface area (TPSA) is 40.6 Å². The molecule has 0 atom stereocenters. The maximum atomic E-state index is 12.3. The van der Waals surface area contributed by atoms with Crippen molar-refractivity contribution in [2.75, 3.05) is 31.9 Å². The molecular weight excluding hydrogens is 320 g/mol. The van der Waals surface area contributed by atoms with Crippen molar-refractivity contribution in [3.63, 3.8) is 0 Å². The summed E-state index contributed by atoms with van der Waals surface area (Å²) in [5, 5.41) is 0.723. The Morgan fingerprint density at radius 1 is 1.18 bits per heavy atom. The lowest BCUT2D eigenvalue weighted by atomic mass is 10.2. The van der Waals surface area contributed by atoms with Crippen LogP contribution in [0.15, 0.2) is 24.3 Å². The molecule has 1 heterocycles. The minimum Gasteiger partial charge on any atom is -0.341 e. The first-order chi connectivity index (χ1) is 10.6. The summed E-state index contributed by atoms with van der Waals surface area (Å²) in [6.07, 6.45) is 0.851. The number of rotatable bonds is 4. The molecule has 1 aliphatic heterocycles. The SMILES string of the molecule is CC(=O)N1CCCN(C(=O)CSCc2cccc(Cl)c2)CC1. The molecule has 1 saturated heterocycles.